The number of carboxylic acids is 2. The van der Waals surface area contributed by atoms with Gasteiger partial charge in [-0.3, -0.25) is 4.79 Å². The van der Waals surface area contributed by atoms with Crippen LogP contribution in [0, 0.1) is 0 Å². The van der Waals surface area contributed by atoms with Crippen LogP contribution in [0.3, 0.4) is 0 Å². The smallest absolute Gasteiger partial charge is 0.335 e. The summed E-state index contributed by atoms with van der Waals surface area (Å²) in [7, 11) is 0. The molecule has 0 radical (unpaired) electrons. The van der Waals surface area contributed by atoms with E-state index in [2.05, 4.69) is 0 Å². The van der Waals surface area contributed by atoms with E-state index in [0.29, 0.717) is 0 Å². The van der Waals surface area contributed by atoms with Gasteiger partial charge >= 0.3 is 11.9 Å². The number of carboxylic acid groups (broad SMARTS) is 2. The molecule has 84 valence electrons. The van der Waals surface area contributed by atoms with Crippen LogP contribution in [0.2, 0.25) is 0 Å². The summed E-state index contributed by atoms with van der Waals surface area (Å²) in [6.45, 7) is 0. The van der Waals surface area contributed by atoms with E-state index in [4.69, 9.17) is 10.2 Å². The van der Waals surface area contributed by atoms with Gasteiger partial charge in [0.15, 0.2) is 0 Å². The van der Waals surface area contributed by atoms with Crippen molar-refractivity contribution in [3.05, 3.63) is 34.9 Å². The van der Waals surface area contributed by atoms with Gasteiger partial charge in [-0.15, -0.1) is 0 Å². The Labute approximate surface area is 92.5 Å². The summed E-state index contributed by atoms with van der Waals surface area (Å²) in [5, 5.41) is 17.8. The highest BCUT2D eigenvalue weighted by molar-refractivity contribution is 5.90. The van der Waals surface area contributed by atoms with Crippen LogP contribution in [0.5, 0.6) is 0 Å². The molecule has 4 nitrogen and oxygen atoms in total. The Hall–Kier alpha value is -1.84. The highest BCUT2D eigenvalue weighted by atomic mass is 16.4. The van der Waals surface area contributed by atoms with Gasteiger partial charge in [-0.05, 0) is 36.0 Å². The summed E-state index contributed by atoms with van der Waals surface area (Å²) in [6, 6.07) is 5.14. The molecule has 2 N–H and O–H groups in total. The van der Waals surface area contributed by atoms with Crippen LogP contribution in [0.15, 0.2) is 18.2 Å². The quantitative estimate of drug-likeness (QED) is 0.815. The third-order valence-corrected chi connectivity index (χ3v) is 3.02. The largest absolute Gasteiger partial charge is 0.481 e. The van der Waals surface area contributed by atoms with E-state index in [-0.39, 0.29) is 17.9 Å². The Morgan fingerprint density at radius 3 is 2.69 bits per heavy atom. The monoisotopic (exact) mass is 220 g/mol. The molecule has 2 rings (SSSR count). The molecule has 0 heterocycles. The minimum atomic E-state index is -0.978. The first kappa shape index (κ1) is 10.7. The first-order chi connectivity index (χ1) is 7.59. The van der Waals surface area contributed by atoms with Crippen molar-refractivity contribution in [1.29, 1.82) is 0 Å². The van der Waals surface area contributed by atoms with Crippen molar-refractivity contribution in [1.82, 2.24) is 0 Å². The zero-order valence-corrected chi connectivity index (χ0v) is 8.64. The average molecular weight is 220 g/mol. The molecular weight excluding hydrogens is 208 g/mol. The van der Waals surface area contributed by atoms with E-state index < -0.39 is 11.9 Å². The minimum absolute atomic E-state index is 0.0112. The predicted octanol–water partition coefficient (Wildman–Crippen LogP) is 1.89. The van der Waals surface area contributed by atoms with Crippen LogP contribution in [-0.4, -0.2) is 22.2 Å². The highest BCUT2D eigenvalue weighted by Gasteiger charge is 2.28. The molecule has 0 saturated carbocycles. The van der Waals surface area contributed by atoms with Crippen molar-refractivity contribution in [2.24, 2.45) is 0 Å². The van der Waals surface area contributed by atoms with Gasteiger partial charge < -0.3 is 10.2 Å². The number of aromatic carboxylic acids is 1. The van der Waals surface area contributed by atoms with E-state index in [1.807, 2.05) is 6.07 Å². The van der Waals surface area contributed by atoms with Gasteiger partial charge in [-0.1, -0.05) is 12.1 Å². The maximum Gasteiger partial charge on any atom is 0.335 e. The highest BCUT2D eigenvalue weighted by Crippen LogP contribution is 2.37. The van der Waals surface area contributed by atoms with Crippen molar-refractivity contribution in [3.63, 3.8) is 0 Å². The van der Waals surface area contributed by atoms with Crippen LogP contribution in [0.1, 0.15) is 40.2 Å². The number of aryl methyl sites for hydroxylation is 1. The Bertz CT molecular complexity index is 450. The van der Waals surface area contributed by atoms with Crippen LogP contribution >= 0.6 is 0 Å². The number of hydrogen-bond acceptors (Lipinski definition) is 2. The van der Waals surface area contributed by atoms with Crippen molar-refractivity contribution < 1.29 is 19.8 Å². The molecule has 1 aliphatic rings. The Balaban J connectivity index is 2.43. The normalized spacial score (nSPS) is 18.1. The molecule has 4 heteroatoms. The number of carbonyl (C=O) groups is 2. The van der Waals surface area contributed by atoms with Gasteiger partial charge in [-0.25, -0.2) is 4.79 Å². The molecule has 0 saturated heterocycles. The lowest BCUT2D eigenvalue weighted by atomic mass is 9.93. The van der Waals surface area contributed by atoms with Crippen LogP contribution in [0.25, 0.3) is 0 Å². The number of benzene rings is 1. The summed E-state index contributed by atoms with van der Waals surface area (Å²) in [5.74, 6) is -2.01. The van der Waals surface area contributed by atoms with Gasteiger partial charge in [0.1, 0.15) is 0 Å². The molecule has 0 aliphatic heterocycles. The molecule has 0 amide bonds. The summed E-state index contributed by atoms with van der Waals surface area (Å²) < 4.78 is 0. The molecule has 16 heavy (non-hydrogen) atoms. The molecule has 0 bridgehead atoms. The van der Waals surface area contributed by atoms with E-state index in [9.17, 15) is 9.59 Å². The Kier molecular flexibility index (Phi) is 2.64. The van der Waals surface area contributed by atoms with Crippen molar-refractivity contribution in [2.75, 3.05) is 0 Å². The lowest BCUT2D eigenvalue weighted by molar-refractivity contribution is -0.137. The topological polar surface area (TPSA) is 74.6 Å². The predicted molar refractivity (Wildman–Crippen MR) is 56.7 cm³/mol. The number of rotatable bonds is 3. The fourth-order valence-corrected chi connectivity index (χ4v) is 2.39. The standard InChI is InChI=1S/C12H12O4/c13-10(14)6-8-5-4-7-2-1-3-9(11(7)8)12(15)16/h1-3,8H,4-6H2,(H,13,14)(H,15,16). The van der Waals surface area contributed by atoms with Gasteiger partial charge in [-0.2, -0.15) is 0 Å². The molecule has 1 aliphatic carbocycles. The number of hydrogen-bond donors (Lipinski definition) is 2. The maximum atomic E-state index is 11.0. The maximum absolute atomic E-state index is 11.0. The summed E-state index contributed by atoms with van der Waals surface area (Å²) in [5.41, 5.74) is 1.95. The van der Waals surface area contributed by atoms with Gasteiger partial charge in [0.2, 0.25) is 0 Å². The van der Waals surface area contributed by atoms with E-state index >= 15 is 0 Å². The van der Waals surface area contributed by atoms with Crippen LogP contribution < -0.4 is 0 Å². The second-order valence-electron chi connectivity index (χ2n) is 4.02. The third kappa shape index (κ3) is 1.78. The summed E-state index contributed by atoms with van der Waals surface area (Å²) in [4.78, 5) is 21.7. The molecule has 1 aromatic rings. The fourth-order valence-electron chi connectivity index (χ4n) is 2.39. The fraction of sp³-hybridized carbons (Fsp3) is 0.333. The third-order valence-electron chi connectivity index (χ3n) is 3.02. The van der Waals surface area contributed by atoms with Gasteiger partial charge in [0.25, 0.3) is 0 Å². The molecule has 0 aromatic heterocycles. The van der Waals surface area contributed by atoms with Gasteiger partial charge in [0.05, 0.1) is 12.0 Å². The molecule has 0 fully saturated rings. The van der Waals surface area contributed by atoms with Crippen LogP contribution in [-0.2, 0) is 11.2 Å². The molecule has 1 aromatic carbocycles. The first-order valence-corrected chi connectivity index (χ1v) is 5.16. The number of aliphatic carboxylic acids is 1. The summed E-state index contributed by atoms with van der Waals surface area (Å²) >= 11 is 0. The second-order valence-corrected chi connectivity index (χ2v) is 4.02. The molecule has 0 spiro atoms. The Morgan fingerprint density at radius 1 is 1.31 bits per heavy atom. The lowest BCUT2D eigenvalue weighted by Crippen LogP contribution is -2.08. The zero-order valence-electron chi connectivity index (χ0n) is 8.64. The van der Waals surface area contributed by atoms with Crippen molar-refractivity contribution in [2.45, 2.75) is 25.2 Å². The van der Waals surface area contributed by atoms with Gasteiger partial charge in [0, 0.05) is 0 Å². The first-order valence-electron chi connectivity index (χ1n) is 5.16. The summed E-state index contributed by atoms with van der Waals surface area (Å²) in [6.07, 6.45) is 1.51. The van der Waals surface area contributed by atoms with Crippen LogP contribution in [0.4, 0.5) is 0 Å². The van der Waals surface area contributed by atoms with E-state index in [1.54, 1.807) is 12.1 Å². The second kappa shape index (κ2) is 3.96. The molecule has 1 atom stereocenters. The van der Waals surface area contributed by atoms with E-state index in [1.165, 1.54) is 0 Å². The average Bonchev–Trinajstić information content (AvgIpc) is 2.60. The SMILES string of the molecule is O=C(O)CC1CCc2cccc(C(=O)O)c21. The van der Waals surface area contributed by atoms with E-state index in [0.717, 1.165) is 24.0 Å². The van der Waals surface area contributed by atoms with Crippen molar-refractivity contribution in [3.8, 4) is 0 Å². The molecule has 1 unspecified atom stereocenters. The molecular formula is C12H12O4. The lowest BCUT2D eigenvalue weighted by Gasteiger charge is -2.11. The van der Waals surface area contributed by atoms with Crippen molar-refractivity contribution >= 4 is 11.9 Å². The minimum Gasteiger partial charge on any atom is -0.481 e. The zero-order chi connectivity index (χ0) is 11.7. The number of fused-ring (bicyclic) bond motifs is 1. The Morgan fingerprint density at radius 2 is 2.06 bits per heavy atom.